The van der Waals surface area contributed by atoms with Crippen molar-refractivity contribution < 1.29 is 9.52 Å². The van der Waals surface area contributed by atoms with Crippen LogP contribution in [0.4, 0.5) is 0 Å². The number of rotatable bonds is 2. The number of benzene rings is 1. The third-order valence-electron chi connectivity index (χ3n) is 3.21. The Hall–Kier alpha value is -1.33. The Morgan fingerprint density at radius 2 is 2.05 bits per heavy atom. The van der Waals surface area contributed by atoms with E-state index in [0.29, 0.717) is 16.4 Å². The molecule has 1 aromatic carbocycles. The van der Waals surface area contributed by atoms with Crippen LogP contribution in [0.25, 0.3) is 20.4 Å². The second-order valence-electron chi connectivity index (χ2n) is 4.51. The Balaban J connectivity index is 1.81. The van der Waals surface area contributed by atoms with Crippen molar-refractivity contribution in [3.8, 4) is 0 Å². The van der Waals surface area contributed by atoms with Gasteiger partial charge in [0.15, 0.2) is 5.58 Å². The first-order valence-corrected chi connectivity index (χ1v) is 8.13. The Bertz CT molecular complexity index is 874. The van der Waals surface area contributed by atoms with Crippen LogP contribution < -0.4 is 0 Å². The summed E-state index contributed by atoms with van der Waals surface area (Å²) in [6, 6.07) is 11.5. The summed E-state index contributed by atoms with van der Waals surface area (Å²) in [5.74, 6) is 0.530. The molecule has 1 N–H and O–H groups in total. The highest BCUT2D eigenvalue weighted by atomic mass is 35.5. The third-order valence-corrected chi connectivity index (χ3v) is 5.66. The van der Waals surface area contributed by atoms with E-state index in [2.05, 4.69) is 11.4 Å². The first-order chi connectivity index (χ1) is 9.72. The number of furan rings is 1. The molecule has 3 aromatic heterocycles. The molecule has 0 aliphatic carbocycles. The normalized spacial score (nSPS) is 13.3. The smallest absolute Gasteiger partial charge is 0.153 e. The Morgan fingerprint density at radius 1 is 1.15 bits per heavy atom. The van der Waals surface area contributed by atoms with Gasteiger partial charge in [-0.25, -0.2) is 0 Å². The molecule has 0 aliphatic rings. The predicted octanol–water partition coefficient (Wildman–Crippen LogP) is 5.44. The lowest BCUT2D eigenvalue weighted by Crippen LogP contribution is -1.93. The van der Waals surface area contributed by atoms with E-state index in [0.717, 1.165) is 10.3 Å². The number of aliphatic hydroxyl groups excluding tert-OH is 1. The number of halogens is 1. The quantitative estimate of drug-likeness (QED) is 0.533. The summed E-state index contributed by atoms with van der Waals surface area (Å²) in [6.07, 6.45) is -0.747. The maximum atomic E-state index is 10.5. The van der Waals surface area contributed by atoms with E-state index < -0.39 is 6.10 Å². The van der Waals surface area contributed by atoms with E-state index in [1.54, 1.807) is 28.7 Å². The highest BCUT2D eigenvalue weighted by Crippen LogP contribution is 2.38. The van der Waals surface area contributed by atoms with Crippen molar-refractivity contribution in [2.75, 3.05) is 0 Å². The van der Waals surface area contributed by atoms with Gasteiger partial charge in [0.05, 0.1) is 5.02 Å². The molecule has 0 amide bonds. The SMILES string of the molecule is OC(c1cc2cccc(Cl)c2o1)c1cc2sccc2s1. The van der Waals surface area contributed by atoms with Crippen LogP contribution in [-0.4, -0.2) is 5.11 Å². The summed E-state index contributed by atoms with van der Waals surface area (Å²) < 4.78 is 8.10. The molecule has 5 heteroatoms. The van der Waals surface area contributed by atoms with Crippen molar-refractivity contribution in [1.82, 2.24) is 0 Å². The second-order valence-corrected chi connectivity index (χ2v) is 6.98. The minimum Gasteiger partial charge on any atom is -0.456 e. The molecule has 100 valence electrons. The monoisotopic (exact) mass is 320 g/mol. The molecule has 4 aromatic rings. The summed E-state index contributed by atoms with van der Waals surface area (Å²) in [7, 11) is 0. The van der Waals surface area contributed by atoms with Crippen LogP contribution in [0.2, 0.25) is 5.02 Å². The van der Waals surface area contributed by atoms with Crippen LogP contribution in [0.5, 0.6) is 0 Å². The molecule has 0 saturated carbocycles. The first kappa shape index (κ1) is 12.4. The van der Waals surface area contributed by atoms with Crippen LogP contribution in [0.1, 0.15) is 16.7 Å². The van der Waals surface area contributed by atoms with Gasteiger partial charge in [-0.1, -0.05) is 23.7 Å². The molecule has 4 rings (SSSR count). The largest absolute Gasteiger partial charge is 0.456 e. The fourth-order valence-electron chi connectivity index (χ4n) is 2.24. The topological polar surface area (TPSA) is 33.4 Å². The maximum absolute atomic E-state index is 10.5. The van der Waals surface area contributed by atoms with Crippen molar-refractivity contribution >= 4 is 54.6 Å². The van der Waals surface area contributed by atoms with Crippen LogP contribution in [-0.2, 0) is 0 Å². The van der Waals surface area contributed by atoms with Crippen molar-refractivity contribution in [2.45, 2.75) is 6.10 Å². The number of hydrogen-bond donors (Lipinski definition) is 1. The first-order valence-electron chi connectivity index (χ1n) is 6.05. The molecule has 0 fully saturated rings. The molecule has 0 spiro atoms. The van der Waals surface area contributed by atoms with Crippen LogP contribution in [0, 0.1) is 0 Å². The second kappa shape index (κ2) is 4.60. The van der Waals surface area contributed by atoms with E-state index >= 15 is 0 Å². The minimum atomic E-state index is -0.747. The molecular weight excluding hydrogens is 312 g/mol. The lowest BCUT2D eigenvalue weighted by atomic mass is 10.2. The van der Waals surface area contributed by atoms with Gasteiger partial charge >= 0.3 is 0 Å². The molecule has 20 heavy (non-hydrogen) atoms. The van der Waals surface area contributed by atoms with Crippen LogP contribution >= 0.6 is 34.3 Å². The molecule has 3 heterocycles. The molecule has 1 unspecified atom stereocenters. The molecule has 0 saturated heterocycles. The van der Waals surface area contributed by atoms with Crippen LogP contribution in [0.3, 0.4) is 0 Å². The van der Waals surface area contributed by atoms with Crippen molar-refractivity contribution in [3.05, 3.63) is 57.4 Å². The molecule has 2 nitrogen and oxygen atoms in total. The standard InChI is InChI=1S/C15H9ClO2S2/c16-9-3-1-2-8-6-10(18-15(8)9)14(17)13-7-12-11(20-13)4-5-19-12/h1-7,14,17H. The number of thiophene rings is 2. The highest BCUT2D eigenvalue weighted by molar-refractivity contribution is 7.26. The van der Waals surface area contributed by atoms with Crippen LogP contribution in [0.15, 0.2) is 46.2 Å². The van der Waals surface area contributed by atoms with Gasteiger partial charge in [0.1, 0.15) is 11.9 Å². The van der Waals surface area contributed by atoms with Gasteiger partial charge in [0, 0.05) is 19.7 Å². The van der Waals surface area contributed by atoms with Gasteiger partial charge in [-0.15, -0.1) is 22.7 Å². The number of hydrogen-bond acceptors (Lipinski definition) is 4. The fourth-order valence-corrected chi connectivity index (χ4v) is 4.58. The lowest BCUT2D eigenvalue weighted by Gasteiger charge is -2.03. The van der Waals surface area contributed by atoms with Crippen molar-refractivity contribution in [1.29, 1.82) is 0 Å². The summed E-state index contributed by atoms with van der Waals surface area (Å²) in [5.41, 5.74) is 0.626. The van der Waals surface area contributed by atoms with Gasteiger partial charge in [0.2, 0.25) is 0 Å². The minimum absolute atomic E-state index is 0.530. The van der Waals surface area contributed by atoms with Gasteiger partial charge in [-0.2, -0.15) is 0 Å². The predicted molar refractivity (Wildman–Crippen MR) is 85.0 cm³/mol. The lowest BCUT2D eigenvalue weighted by molar-refractivity contribution is 0.196. The van der Waals surface area contributed by atoms with E-state index in [9.17, 15) is 5.11 Å². The molecule has 0 radical (unpaired) electrons. The van der Waals surface area contributed by atoms with E-state index in [1.807, 2.05) is 24.3 Å². The van der Waals surface area contributed by atoms with Gasteiger partial charge in [-0.3, -0.25) is 0 Å². The van der Waals surface area contributed by atoms with Gasteiger partial charge in [-0.05, 0) is 29.6 Å². The van der Waals surface area contributed by atoms with Gasteiger partial charge in [0.25, 0.3) is 0 Å². The fraction of sp³-hybridized carbons (Fsp3) is 0.0667. The zero-order valence-electron chi connectivity index (χ0n) is 10.2. The summed E-state index contributed by atoms with van der Waals surface area (Å²) in [4.78, 5) is 0.891. The Morgan fingerprint density at radius 3 is 2.85 bits per heavy atom. The average molecular weight is 321 g/mol. The third kappa shape index (κ3) is 1.88. The molecule has 1 atom stereocenters. The summed E-state index contributed by atoms with van der Waals surface area (Å²) in [5, 5.41) is 14.0. The Labute approximate surface area is 127 Å². The number of para-hydroxylation sites is 1. The van der Waals surface area contributed by atoms with Gasteiger partial charge < -0.3 is 9.52 Å². The number of aliphatic hydroxyl groups is 1. The number of fused-ring (bicyclic) bond motifs is 2. The molecule has 0 bridgehead atoms. The molecular formula is C15H9ClO2S2. The average Bonchev–Trinajstić information content (AvgIpc) is 3.11. The summed E-state index contributed by atoms with van der Waals surface area (Å²) in [6.45, 7) is 0. The zero-order chi connectivity index (χ0) is 13.7. The Kier molecular flexibility index (Phi) is 2.86. The van der Waals surface area contributed by atoms with E-state index in [1.165, 1.54) is 9.40 Å². The zero-order valence-corrected chi connectivity index (χ0v) is 12.6. The van der Waals surface area contributed by atoms with E-state index in [-0.39, 0.29) is 0 Å². The van der Waals surface area contributed by atoms with Crippen molar-refractivity contribution in [3.63, 3.8) is 0 Å². The van der Waals surface area contributed by atoms with E-state index in [4.69, 9.17) is 16.0 Å². The summed E-state index contributed by atoms with van der Waals surface area (Å²) >= 11 is 9.36. The van der Waals surface area contributed by atoms with Crippen molar-refractivity contribution in [2.24, 2.45) is 0 Å². The highest BCUT2D eigenvalue weighted by Gasteiger charge is 2.19. The molecule has 0 aliphatic heterocycles. The maximum Gasteiger partial charge on any atom is 0.153 e.